The molecular weight excluding hydrogens is 426 g/mol. The van der Waals surface area contributed by atoms with E-state index < -0.39 is 5.91 Å². The Morgan fingerprint density at radius 3 is 2.38 bits per heavy atom. The van der Waals surface area contributed by atoms with Gasteiger partial charge in [-0.3, -0.25) is 4.79 Å². The van der Waals surface area contributed by atoms with Crippen molar-refractivity contribution in [1.29, 1.82) is 0 Å². The molecule has 4 aromatic rings. The highest BCUT2D eigenvalue weighted by Gasteiger charge is 2.15. The normalized spacial score (nSPS) is 11.7. The number of amides is 1. The first-order valence-electron chi connectivity index (χ1n) is 11.1. The van der Waals surface area contributed by atoms with Crippen molar-refractivity contribution in [3.63, 3.8) is 0 Å². The quantitative estimate of drug-likeness (QED) is 0.199. The summed E-state index contributed by atoms with van der Waals surface area (Å²) in [5.41, 5.74) is 8.32. The lowest BCUT2D eigenvalue weighted by molar-refractivity contribution is 0.0956. The summed E-state index contributed by atoms with van der Waals surface area (Å²) in [6.45, 7) is 7.90. The largest absolute Gasteiger partial charge is 0.508 e. The van der Waals surface area contributed by atoms with E-state index in [1.54, 1.807) is 13.0 Å². The molecular formula is C28H27N3O3. The Hall–Kier alpha value is -4.19. The summed E-state index contributed by atoms with van der Waals surface area (Å²) in [6, 6.07) is 19.9. The highest BCUT2D eigenvalue weighted by molar-refractivity contribution is 6.08. The first-order valence-corrected chi connectivity index (χ1v) is 11.1. The molecule has 0 saturated carbocycles. The molecule has 0 atom stereocenters. The second kappa shape index (κ2) is 9.35. The number of phenolic OH excluding ortho intramolecular Hbond substituents is 2. The summed E-state index contributed by atoms with van der Waals surface area (Å²) in [6.07, 6.45) is 0. The third-order valence-corrected chi connectivity index (χ3v) is 5.78. The van der Waals surface area contributed by atoms with Crippen LogP contribution in [0.25, 0.3) is 22.2 Å². The molecule has 4 rings (SSSR count). The molecule has 0 bridgehead atoms. The molecule has 6 nitrogen and oxygen atoms in total. The first-order chi connectivity index (χ1) is 16.2. The van der Waals surface area contributed by atoms with E-state index in [-0.39, 0.29) is 11.5 Å². The van der Waals surface area contributed by atoms with Crippen LogP contribution < -0.4 is 5.43 Å². The van der Waals surface area contributed by atoms with Gasteiger partial charge in [0.2, 0.25) is 0 Å². The molecule has 1 heterocycles. The Bertz CT molecular complexity index is 1410. The minimum Gasteiger partial charge on any atom is -0.508 e. The number of rotatable bonds is 5. The fourth-order valence-electron chi connectivity index (χ4n) is 3.78. The van der Waals surface area contributed by atoms with Crippen molar-refractivity contribution in [2.24, 2.45) is 5.10 Å². The van der Waals surface area contributed by atoms with Gasteiger partial charge < -0.3 is 10.2 Å². The highest BCUT2D eigenvalue weighted by atomic mass is 16.3. The number of hydrazone groups is 1. The summed E-state index contributed by atoms with van der Waals surface area (Å²) >= 11 is 0. The maximum atomic E-state index is 13.2. The molecule has 1 amide bonds. The van der Waals surface area contributed by atoms with Gasteiger partial charge in [-0.15, -0.1) is 0 Å². The topological polar surface area (TPSA) is 94.8 Å². The molecule has 0 unspecified atom stereocenters. The Morgan fingerprint density at radius 1 is 0.941 bits per heavy atom. The number of nitrogens with zero attached hydrogens (tertiary/aromatic N) is 2. The number of nitrogens with one attached hydrogen (secondary N) is 1. The number of hydrogen-bond acceptors (Lipinski definition) is 5. The van der Waals surface area contributed by atoms with Gasteiger partial charge in [0, 0.05) is 16.5 Å². The van der Waals surface area contributed by atoms with Crippen LogP contribution in [0.1, 0.15) is 53.7 Å². The molecule has 0 spiro atoms. The van der Waals surface area contributed by atoms with E-state index in [1.165, 1.54) is 23.8 Å². The van der Waals surface area contributed by atoms with Crippen molar-refractivity contribution < 1.29 is 15.0 Å². The van der Waals surface area contributed by atoms with Crippen molar-refractivity contribution in [2.75, 3.05) is 0 Å². The van der Waals surface area contributed by atoms with Crippen LogP contribution in [-0.4, -0.2) is 26.8 Å². The molecule has 0 aliphatic carbocycles. The van der Waals surface area contributed by atoms with Gasteiger partial charge in [-0.2, -0.15) is 5.10 Å². The van der Waals surface area contributed by atoms with Crippen LogP contribution in [0.15, 0.2) is 71.8 Å². The van der Waals surface area contributed by atoms with Crippen LogP contribution in [0.4, 0.5) is 0 Å². The maximum absolute atomic E-state index is 13.2. The minimum absolute atomic E-state index is 0.00240. The number of pyridine rings is 1. The average molecular weight is 454 g/mol. The lowest BCUT2D eigenvalue weighted by Crippen LogP contribution is -2.20. The molecule has 0 radical (unpaired) electrons. The Morgan fingerprint density at radius 2 is 1.68 bits per heavy atom. The van der Waals surface area contributed by atoms with E-state index in [1.807, 2.05) is 37.3 Å². The smallest absolute Gasteiger partial charge is 0.272 e. The predicted molar refractivity (Wildman–Crippen MR) is 135 cm³/mol. The fourth-order valence-corrected chi connectivity index (χ4v) is 3.78. The zero-order chi connectivity index (χ0) is 24.4. The monoisotopic (exact) mass is 453 g/mol. The summed E-state index contributed by atoms with van der Waals surface area (Å²) in [4.78, 5) is 18.0. The average Bonchev–Trinajstić information content (AvgIpc) is 2.83. The number of aromatic nitrogens is 1. The van der Waals surface area contributed by atoms with Crippen molar-refractivity contribution in [1.82, 2.24) is 10.4 Å². The lowest BCUT2D eigenvalue weighted by Gasteiger charge is -2.11. The summed E-state index contributed by atoms with van der Waals surface area (Å²) in [5, 5.41) is 24.7. The first kappa shape index (κ1) is 23.0. The third-order valence-electron chi connectivity index (χ3n) is 5.78. The van der Waals surface area contributed by atoms with Crippen molar-refractivity contribution in [3.05, 3.63) is 89.0 Å². The van der Waals surface area contributed by atoms with E-state index in [0.717, 1.165) is 16.5 Å². The second-order valence-electron chi connectivity index (χ2n) is 8.69. The molecule has 1 aromatic heterocycles. The van der Waals surface area contributed by atoms with E-state index >= 15 is 0 Å². The second-order valence-corrected chi connectivity index (χ2v) is 8.69. The number of hydrogen-bond donors (Lipinski definition) is 3. The van der Waals surface area contributed by atoms with E-state index in [2.05, 4.69) is 36.5 Å². The number of carbonyl (C=O) groups is 1. The lowest BCUT2D eigenvalue weighted by atomic mass is 9.99. The van der Waals surface area contributed by atoms with Gasteiger partial charge in [0.15, 0.2) is 0 Å². The van der Waals surface area contributed by atoms with Crippen LogP contribution in [0.2, 0.25) is 0 Å². The Balaban J connectivity index is 1.73. The van der Waals surface area contributed by atoms with Crippen LogP contribution in [-0.2, 0) is 0 Å². The van der Waals surface area contributed by atoms with Crippen LogP contribution >= 0.6 is 0 Å². The molecule has 0 aliphatic heterocycles. The molecule has 0 aliphatic rings. The number of carbonyl (C=O) groups excluding carboxylic acids is 1. The van der Waals surface area contributed by atoms with Crippen molar-refractivity contribution in [3.8, 4) is 22.8 Å². The van der Waals surface area contributed by atoms with Crippen LogP contribution in [0.3, 0.4) is 0 Å². The summed E-state index contributed by atoms with van der Waals surface area (Å²) < 4.78 is 0. The van der Waals surface area contributed by atoms with Crippen LogP contribution in [0, 0.1) is 6.92 Å². The zero-order valence-corrected chi connectivity index (χ0v) is 19.6. The van der Waals surface area contributed by atoms with Crippen molar-refractivity contribution in [2.45, 2.75) is 33.6 Å². The standard InChI is InChI=1S/C28H27N3O3/c1-16(2)19-6-8-20(9-7-19)26-15-24(23-13-17(3)5-11-25(23)29-26)28(34)31-30-18(4)22-14-21(32)10-12-27(22)33/h5-16,32-33H,1-4H3,(H,31,34)/b30-18-. The summed E-state index contributed by atoms with van der Waals surface area (Å²) in [7, 11) is 0. The molecule has 3 N–H and O–H groups in total. The Kier molecular flexibility index (Phi) is 6.32. The SMILES string of the molecule is C/C(=N/NC(=O)c1cc(-c2ccc(C(C)C)cc2)nc2ccc(C)cc12)c1cc(O)ccc1O. The predicted octanol–water partition coefficient (Wildman–Crippen LogP) is 5.90. The highest BCUT2D eigenvalue weighted by Crippen LogP contribution is 2.27. The van der Waals surface area contributed by atoms with E-state index in [4.69, 9.17) is 4.98 Å². The van der Waals surface area contributed by atoms with Gasteiger partial charge in [-0.05, 0) is 61.7 Å². The molecule has 34 heavy (non-hydrogen) atoms. The maximum Gasteiger partial charge on any atom is 0.272 e. The van der Waals surface area contributed by atoms with E-state index in [0.29, 0.717) is 34.0 Å². The van der Waals surface area contributed by atoms with Gasteiger partial charge >= 0.3 is 0 Å². The Labute approximate surface area is 198 Å². The number of aryl methyl sites for hydroxylation is 1. The number of benzene rings is 3. The number of phenols is 2. The van der Waals surface area contributed by atoms with Gasteiger partial charge in [-0.1, -0.05) is 49.7 Å². The third kappa shape index (κ3) is 4.76. The molecule has 3 aromatic carbocycles. The number of aromatic hydroxyl groups is 2. The van der Waals surface area contributed by atoms with E-state index in [9.17, 15) is 15.0 Å². The van der Waals surface area contributed by atoms with Gasteiger partial charge in [0.05, 0.1) is 22.5 Å². The fraction of sp³-hybridized carbons (Fsp3) is 0.179. The van der Waals surface area contributed by atoms with Gasteiger partial charge in [0.25, 0.3) is 5.91 Å². The summed E-state index contributed by atoms with van der Waals surface area (Å²) in [5.74, 6) is -0.00476. The van der Waals surface area contributed by atoms with Gasteiger partial charge in [-0.25, -0.2) is 10.4 Å². The zero-order valence-electron chi connectivity index (χ0n) is 19.6. The molecule has 0 fully saturated rings. The van der Waals surface area contributed by atoms with Gasteiger partial charge in [0.1, 0.15) is 11.5 Å². The minimum atomic E-state index is -0.392. The van der Waals surface area contributed by atoms with Crippen molar-refractivity contribution >= 4 is 22.5 Å². The van der Waals surface area contributed by atoms with Crippen LogP contribution in [0.5, 0.6) is 11.5 Å². The molecule has 6 heteroatoms. The molecule has 172 valence electrons. The molecule has 0 saturated heterocycles. The number of fused-ring (bicyclic) bond motifs is 1.